The molecular weight excluding hydrogens is 360 g/mol. The van der Waals surface area contributed by atoms with Gasteiger partial charge in [-0.15, -0.1) is 0 Å². The molecule has 5 nitrogen and oxygen atoms in total. The highest BCUT2D eigenvalue weighted by molar-refractivity contribution is 9.10. The van der Waals surface area contributed by atoms with E-state index >= 15 is 0 Å². The highest BCUT2D eigenvalue weighted by Gasteiger charge is 2.25. The molecule has 0 unspecified atom stereocenters. The van der Waals surface area contributed by atoms with Crippen LogP contribution in [0.2, 0.25) is 0 Å². The summed E-state index contributed by atoms with van der Waals surface area (Å²) in [6.07, 6.45) is -0.0594. The zero-order valence-electron chi connectivity index (χ0n) is 14.3. The number of carbonyl (C=O) groups excluding carboxylic acids is 2. The second-order valence-electron chi connectivity index (χ2n) is 6.82. The Morgan fingerprint density at radius 1 is 1.17 bits per heavy atom. The first-order chi connectivity index (χ1) is 10.6. The molecule has 0 aromatic heterocycles. The van der Waals surface area contributed by atoms with E-state index in [0.717, 1.165) is 4.47 Å². The van der Waals surface area contributed by atoms with Crippen LogP contribution in [-0.2, 0) is 9.53 Å². The van der Waals surface area contributed by atoms with Crippen LogP contribution in [0.3, 0.4) is 0 Å². The highest BCUT2D eigenvalue weighted by Crippen LogP contribution is 2.15. The van der Waals surface area contributed by atoms with Crippen LogP contribution in [0.25, 0.3) is 0 Å². The molecule has 0 aliphatic heterocycles. The topological polar surface area (TPSA) is 67.4 Å². The van der Waals surface area contributed by atoms with E-state index in [1.54, 1.807) is 32.9 Å². The average molecular weight is 385 g/mol. The van der Waals surface area contributed by atoms with Crippen molar-refractivity contribution in [3.05, 3.63) is 28.7 Å². The molecule has 0 fully saturated rings. The largest absolute Gasteiger partial charge is 0.444 e. The van der Waals surface area contributed by atoms with Gasteiger partial charge in [-0.1, -0.05) is 29.8 Å². The molecule has 6 heteroatoms. The zero-order valence-corrected chi connectivity index (χ0v) is 15.9. The molecule has 1 aromatic rings. The standard InChI is InChI=1S/C17H25BrN2O3/c1-11(2)10-14(20-16(22)23-17(3,4)5)15(21)19-13-8-6-12(18)7-9-13/h6-9,11,14H,10H2,1-5H3,(H,19,21)(H,20,22)/t14-/m1/s1. The van der Waals surface area contributed by atoms with Crippen LogP contribution in [0.4, 0.5) is 10.5 Å². The van der Waals surface area contributed by atoms with Gasteiger partial charge in [0.1, 0.15) is 11.6 Å². The molecule has 1 rings (SSSR count). The molecule has 23 heavy (non-hydrogen) atoms. The summed E-state index contributed by atoms with van der Waals surface area (Å²) in [4.78, 5) is 24.4. The molecule has 0 spiro atoms. The van der Waals surface area contributed by atoms with Gasteiger partial charge >= 0.3 is 6.09 Å². The predicted molar refractivity (Wildman–Crippen MR) is 95.4 cm³/mol. The van der Waals surface area contributed by atoms with E-state index < -0.39 is 17.7 Å². The molecule has 1 atom stereocenters. The molecule has 1 aromatic carbocycles. The van der Waals surface area contributed by atoms with Gasteiger partial charge in [-0.3, -0.25) is 4.79 Å². The van der Waals surface area contributed by atoms with E-state index in [9.17, 15) is 9.59 Å². The summed E-state index contributed by atoms with van der Waals surface area (Å²) < 4.78 is 6.16. The second kappa shape index (κ2) is 8.34. The molecule has 0 heterocycles. The average Bonchev–Trinajstić information content (AvgIpc) is 2.38. The number of halogens is 1. The number of alkyl carbamates (subject to hydrolysis) is 1. The Labute approximate surface area is 146 Å². The van der Waals surface area contributed by atoms with E-state index in [-0.39, 0.29) is 11.8 Å². The first kappa shape index (κ1) is 19.5. The fourth-order valence-corrected chi connectivity index (χ4v) is 2.18. The van der Waals surface area contributed by atoms with E-state index in [1.165, 1.54) is 0 Å². The van der Waals surface area contributed by atoms with E-state index in [2.05, 4.69) is 26.6 Å². The Kier molecular flexibility index (Phi) is 7.06. The molecule has 0 radical (unpaired) electrons. The predicted octanol–water partition coefficient (Wildman–Crippen LogP) is 4.33. The SMILES string of the molecule is CC(C)C[C@@H](NC(=O)OC(C)(C)C)C(=O)Nc1ccc(Br)cc1. The maximum atomic E-state index is 12.4. The minimum Gasteiger partial charge on any atom is -0.444 e. The van der Waals surface area contributed by atoms with Gasteiger partial charge in [0.2, 0.25) is 5.91 Å². The quantitative estimate of drug-likeness (QED) is 0.793. The molecule has 0 saturated carbocycles. The van der Waals surface area contributed by atoms with Crippen molar-refractivity contribution in [2.45, 2.75) is 52.7 Å². The number of hydrogen-bond acceptors (Lipinski definition) is 3. The van der Waals surface area contributed by atoms with Crippen molar-refractivity contribution < 1.29 is 14.3 Å². The number of hydrogen-bond donors (Lipinski definition) is 2. The summed E-state index contributed by atoms with van der Waals surface area (Å²) in [5.41, 5.74) is 0.0761. The normalized spacial score (nSPS) is 12.7. The van der Waals surface area contributed by atoms with Gasteiger partial charge in [0.15, 0.2) is 0 Å². The van der Waals surface area contributed by atoms with Gasteiger partial charge in [-0.25, -0.2) is 4.79 Å². The monoisotopic (exact) mass is 384 g/mol. The highest BCUT2D eigenvalue weighted by atomic mass is 79.9. The van der Waals surface area contributed by atoms with E-state index in [4.69, 9.17) is 4.74 Å². The smallest absolute Gasteiger partial charge is 0.408 e. The lowest BCUT2D eigenvalue weighted by molar-refractivity contribution is -0.118. The molecule has 2 amide bonds. The summed E-state index contributed by atoms with van der Waals surface area (Å²) in [5.74, 6) is -0.00233. The maximum Gasteiger partial charge on any atom is 0.408 e. The van der Waals surface area contributed by atoms with Crippen molar-refractivity contribution >= 4 is 33.6 Å². The van der Waals surface area contributed by atoms with E-state index in [1.807, 2.05) is 26.0 Å². The zero-order chi connectivity index (χ0) is 17.6. The van der Waals surface area contributed by atoms with Gasteiger partial charge in [0.25, 0.3) is 0 Å². The third-order valence-corrected chi connectivity index (χ3v) is 3.35. The number of rotatable bonds is 5. The first-order valence-electron chi connectivity index (χ1n) is 7.63. The first-order valence-corrected chi connectivity index (χ1v) is 8.42. The van der Waals surface area contributed by atoms with Gasteiger partial charge in [-0.2, -0.15) is 0 Å². The second-order valence-corrected chi connectivity index (χ2v) is 7.74. The Hall–Kier alpha value is -1.56. The van der Waals surface area contributed by atoms with Crippen LogP contribution in [0.5, 0.6) is 0 Å². The van der Waals surface area contributed by atoms with Crippen molar-refractivity contribution in [3.8, 4) is 0 Å². The van der Waals surface area contributed by atoms with Gasteiger partial charge < -0.3 is 15.4 Å². The molecule has 0 aliphatic rings. The van der Waals surface area contributed by atoms with Crippen molar-refractivity contribution in [2.24, 2.45) is 5.92 Å². The Balaban J connectivity index is 2.74. The van der Waals surface area contributed by atoms with Crippen molar-refractivity contribution in [1.29, 1.82) is 0 Å². The molecular formula is C17H25BrN2O3. The minimum absolute atomic E-state index is 0.255. The van der Waals surface area contributed by atoms with E-state index in [0.29, 0.717) is 12.1 Å². The number of amides is 2. The lowest BCUT2D eigenvalue weighted by Crippen LogP contribution is -2.46. The van der Waals surface area contributed by atoms with Gasteiger partial charge in [-0.05, 0) is 57.4 Å². The maximum absolute atomic E-state index is 12.4. The van der Waals surface area contributed by atoms with Gasteiger partial charge in [0.05, 0.1) is 0 Å². The minimum atomic E-state index is -0.645. The van der Waals surface area contributed by atoms with Crippen LogP contribution >= 0.6 is 15.9 Å². The van der Waals surface area contributed by atoms with Crippen molar-refractivity contribution in [3.63, 3.8) is 0 Å². The van der Waals surface area contributed by atoms with Crippen LogP contribution in [0.15, 0.2) is 28.7 Å². The molecule has 128 valence electrons. The number of nitrogens with one attached hydrogen (secondary N) is 2. The fraction of sp³-hybridized carbons (Fsp3) is 0.529. The third-order valence-electron chi connectivity index (χ3n) is 2.83. The molecule has 2 N–H and O–H groups in total. The number of ether oxygens (including phenoxy) is 1. The third kappa shape index (κ3) is 8.02. The number of carbonyl (C=O) groups is 2. The van der Waals surface area contributed by atoms with Crippen LogP contribution in [-0.4, -0.2) is 23.6 Å². The lowest BCUT2D eigenvalue weighted by Gasteiger charge is -2.24. The Bertz CT molecular complexity index is 536. The van der Waals surface area contributed by atoms with Crippen LogP contribution in [0.1, 0.15) is 41.0 Å². The summed E-state index contributed by atoms with van der Waals surface area (Å²) in [5, 5.41) is 5.47. The lowest BCUT2D eigenvalue weighted by atomic mass is 10.0. The Morgan fingerprint density at radius 2 is 1.74 bits per heavy atom. The van der Waals surface area contributed by atoms with Crippen LogP contribution < -0.4 is 10.6 Å². The van der Waals surface area contributed by atoms with Crippen molar-refractivity contribution in [1.82, 2.24) is 5.32 Å². The number of benzene rings is 1. The molecule has 0 bridgehead atoms. The summed E-state index contributed by atoms with van der Waals surface area (Å²) >= 11 is 3.35. The number of anilines is 1. The summed E-state index contributed by atoms with van der Waals surface area (Å²) in [7, 11) is 0. The summed E-state index contributed by atoms with van der Waals surface area (Å²) in [6.45, 7) is 9.34. The molecule has 0 saturated heterocycles. The fourth-order valence-electron chi connectivity index (χ4n) is 1.92. The molecule has 0 aliphatic carbocycles. The van der Waals surface area contributed by atoms with Crippen molar-refractivity contribution in [2.75, 3.05) is 5.32 Å². The van der Waals surface area contributed by atoms with Gasteiger partial charge in [0, 0.05) is 10.2 Å². The van der Waals surface area contributed by atoms with Crippen LogP contribution in [0, 0.1) is 5.92 Å². The summed E-state index contributed by atoms with van der Waals surface area (Å²) in [6, 6.07) is 6.63. The Morgan fingerprint density at radius 3 is 2.22 bits per heavy atom.